The van der Waals surface area contributed by atoms with Crippen molar-refractivity contribution in [1.82, 2.24) is 10.2 Å². The molecule has 1 atom stereocenters. The van der Waals surface area contributed by atoms with E-state index in [0.717, 1.165) is 24.5 Å². The van der Waals surface area contributed by atoms with E-state index in [1.807, 2.05) is 0 Å². The van der Waals surface area contributed by atoms with Gasteiger partial charge in [-0.15, -0.1) is 0 Å². The topological polar surface area (TPSA) is 15.3 Å². The maximum absolute atomic E-state index is 3.74. The Morgan fingerprint density at radius 1 is 1.21 bits per heavy atom. The van der Waals surface area contributed by atoms with Crippen LogP contribution in [-0.4, -0.2) is 36.6 Å². The Kier molecular flexibility index (Phi) is 3.90. The van der Waals surface area contributed by atoms with Crippen LogP contribution in [0.4, 0.5) is 0 Å². The first-order valence-corrected chi connectivity index (χ1v) is 7.74. The number of nitrogens with zero attached hydrogens (tertiary/aromatic N) is 1. The van der Waals surface area contributed by atoms with Gasteiger partial charge >= 0.3 is 0 Å². The summed E-state index contributed by atoms with van der Waals surface area (Å²) in [6, 6.07) is 13.2. The van der Waals surface area contributed by atoms with Crippen LogP contribution in [0.2, 0.25) is 0 Å². The quantitative estimate of drug-likeness (QED) is 0.844. The minimum atomic E-state index is 0.670. The van der Waals surface area contributed by atoms with E-state index in [1.54, 1.807) is 0 Å². The van der Waals surface area contributed by atoms with Gasteiger partial charge in [0.15, 0.2) is 0 Å². The van der Waals surface area contributed by atoms with Crippen molar-refractivity contribution in [3.63, 3.8) is 0 Å². The van der Waals surface area contributed by atoms with Crippen LogP contribution in [0.5, 0.6) is 0 Å². The van der Waals surface area contributed by atoms with Gasteiger partial charge in [-0.25, -0.2) is 0 Å². The molecule has 1 unspecified atom stereocenters. The van der Waals surface area contributed by atoms with Gasteiger partial charge in [0.25, 0.3) is 0 Å². The molecule has 2 aliphatic rings. The number of hydrogen-bond acceptors (Lipinski definition) is 2. The third-order valence-electron chi connectivity index (χ3n) is 4.93. The van der Waals surface area contributed by atoms with Gasteiger partial charge < -0.3 is 5.32 Å². The number of rotatable bonds is 6. The smallest absolute Gasteiger partial charge is 0.0192 e. The molecule has 19 heavy (non-hydrogen) atoms. The van der Waals surface area contributed by atoms with Crippen LogP contribution < -0.4 is 5.32 Å². The van der Waals surface area contributed by atoms with Gasteiger partial charge in [0.2, 0.25) is 0 Å². The Hall–Kier alpha value is -0.860. The summed E-state index contributed by atoms with van der Waals surface area (Å²) in [6.45, 7) is 3.48. The fraction of sp³-hybridized carbons (Fsp3) is 0.647. The van der Waals surface area contributed by atoms with Gasteiger partial charge in [0.05, 0.1) is 0 Å². The molecule has 1 aromatic rings. The second kappa shape index (κ2) is 5.64. The van der Waals surface area contributed by atoms with Gasteiger partial charge in [-0.3, -0.25) is 4.90 Å². The molecule has 2 saturated carbocycles. The van der Waals surface area contributed by atoms with E-state index < -0.39 is 0 Å². The van der Waals surface area contributed by atoms with Crippen LogP contribution in [0.15, 0.2) is 30.3 Å². The number of nitrogens with one attached hydrogen (secondary N) is 1. The molecule has 0 aromatic heterocycles. The number of likely N-dealkylation sites (N-methyl/N-ethyl adjacent to an activating group) is 1. The summed E-state index contributed by atoms with van der Waals surface area (Å²) < 4.78 is 0. The molecule has 0 bridgehead atoms. The molecule has 1 N–H and O–H groups in total. The third kappa shape index (κ3) is 3.18. The zero-order valence-corrected chi connectivity index (χ0v) is 12.2. The van der Waals surface area contributed by atoms with Gasteiger partial charge in [0, 0.05) is 24.7 Å². The molecule has 2 fully saturated rings. The van der Waals surface area contributed by atoms with Crippen LogP contribution in [-0.2, 0) is 0 Å². The van der Waals surface area contributed by atoms with Crippen molar-refractivity contribution >= 4 is 0 Å². The normalized spacial score (nSPS) is 28.2. The van der Waals surface area contributed by atoms with Crippen LogP contribution >= 0.6 is 0 Å². The van der Waals surface area contributed by atoms with E-state index in [9.17, 15) is 0 Å². The SMILES string of the molecule is CC(CNC1CC(c2ccccc2)C1)N(C)C1CC1. The highest BCUT2D eigenvalue weighted by molar-refractivity contribution is 5.22. The molecule has 0 saturated heterocycles. The molecule has 2 heteroatoms. The van der Waals surface area contributed by atoms with E-state index in [4.69, 9.17) is 0 Å². The van der Waals surface area contributed by atoms with Crippen molar-refractivity contribution in [3.8, 4) is 0 Å². The largest absolute Gasteiger partial charge is 0.312 e. The Morgan fingerprint density at radius 3 is 2.53 bits per heavy atom. The highest BCUT2D eigenvalue weighted by atomic mass is 15.2. The lowest BCUT2D eigenvalue weighted by molar-refractivity contribution is 0.213. The zero-order chi connectivity index (χ0) is 13.2. The van der Waals surface area contributed by atoms with Gasteiger partial charge in [-0.2, -0.15) is 0 Å². The van der Waals surface area contributed by atoms with Crippen molar-refractivity contribution in [3.05, 3.63) is 35.9 Å². The molecule has 0 aliphatic heterocycles. The maximum atomic E-state index is 3.74. The van der Waals surface area contributed by atoms with Crippen molar-refractivity contribution in [2.24, 2.45) is 0 Å². The summed E-state index contributed by atoms with van der Waals surface area (Å²) in [5.41, 5.74) is 1.52. The minimum Gasteiger partial charge on any atom is -0.312 e. The maximum Gasteiger partial charge on any atom is 0.0192 e. The predicted octanol–water partition coefficient (Wildman–Crippen LogP) is 3.00. The van der Waals surface area contributed by atoms with Crippen LogP contribution in [0.3, 0.4) is 0 Å². The fourth-order valence-corrected chi connectivity index (χ4v) is 3.10. The molecule has 2 nitrogen and oxygen atoms in total. The molecule has 104 valence electrons. The molecule has 2 aliphatic carbocycles. The van der Waals surface area contributed by atoms with Gasteiger partial charge in [-0.05, 0) is 51.1 Å². The standard InChI is InChI=1S/C17H26N2/c1-13(19(2)17-8-9-17)12-18-16-10-15(11-16)14-6-4-3-5-7-14/h3-7,13,15-18H,8-12H2,1-2H3. The molecule has 3 rings (SSSR count). The van der Waals surface area contributed by atoms with Crippen molar-refractivity contribution in [2.75, 3.05) is 13.6 Å². The Bertz CT molecular complexity index is 393. The van der Waals surface area contributed by atoms with Crippen LogP contribution in [0.25, 0.3) is 0 Å². The van der Waals surface area contributed by atoms with E-state index in [2.05, 4.69) is 54.5 Å². The highest BCUT2D eigenvalue weighted by Gasteiger charge is 2.32. The third-order valence-corrected chi connectivity index (χ3v) is 4.93. The summed E-state index contributed by atoms with van der Waals surface area (Å²) >= 11 is 0. The average molecular weight is 258 g/mol. The second-order valence-corrected chi connectivity index (χ2v) is 6.43. The van der Waals surface area contributed by atoms with E-state index >= 15 is 0 Å². The predicted molar refractivity (Wildman–Crippen MR) is 80.5 cm³/mol. The molecule has 0 spiro atoms. The second-order valence-electron chi connectivity index (χ2n) is 6.43. The molecular formula is C17H26N2. The van der Waals surface area contributed by atoms with Crippen LogP contribution in [0, 0.1) is 0 Å². The average Bonchev–Trinajstić information content (AvgIpc) is 3.21. The first-order chi connectivity index (χ1) is 9.24. The summed E-state index contributed by atoms with van der Waals surface area (Å²) in [4.78, 5) is 2.54. The lowest BCUT2D eigenvalue weighted by Gasteiger charge is -2.38. The molecule has 0 radical (unpaired) electrons. The summed E-state index contributed by atoms with van der Waals surface area (Å²) in [5, 5.41) is 3.74. The lowest BCUT2D eigenvalue weighted by atomic mass is 9.76. The molecular weight excluding hydrogens is 232 g/mol. The zero-order valence-electron chi connectivity index (χ0n) is 12.2. The Labute approximate surface area is 117 Å². The Morgan fingerprint density at radius 2 is 1.89 bits per heavy atom. The monoisotopic (exact) mass is 258 g/mol. The summed E-state index contributed by atoms with van der Waals surface area (Å²) in [7, 11) is 2.28. The Balaban J connectivity index is 1.37. The number of hydrogen-bond donors (Lipinski definition) is 1. The fourth-order valence-electron chi connectivity index (χ4n) is 3.10. The van der Waals surface area contributed by atoms with Gasteiger partial charge in [0.1, 0.15) is 0 Å². The van der Waals surface area contributed by atoms with Crippen LogP contribution in [0.1, 0.15) is 44.1 Å². The first-order valence-electron chi connectivity index (χ1n) is 7.74. The van der Waals surface area contributed by atoms with Crippen molar-refractivity contribution in [2.45, 2.75) is 56.7 Å². The van der Waals surface area contributed by atoms with E-state index in [1.165, 1.54) is 31.2 Å². The first kappa shape index (κ1) is 13.1. The van der Waals surface area contributed by atoms with Crippen molar-refractivity contribution in [1.29, 1.82) is 0 Å². The van der Waals surface area contributed by atoms with E-state index in [-0.39, 0.29) is 0 Å². The van der Waals surface area contributed by atoms with Gasteiger partial charge in [-0.1, -0.05) is 30.3 Å². The number of benzene rings is 1. The summed E-state index contributed by atoms with van der Waals surface area (Å²) in [6.07, 6.45) is 5.43. The molecule has 1 aromatic carbocycles. The van der Waals surface area contributed by atoms with Crippen molar-refractivity contribution < 1.29 is 0 Å². The molecule has 0 amide bonds. The molecule has 0 heterocycles. The lowest BCUT2D eigenvalue weighted by Crippen LogP contribution is -2.46. The minimum absolute atomic E-state index is 0.670. The van der Waals surface area contributed by atoms with E-state index in [0.29, 0.717) is 6.04 Å². The summed E-state index contributed by atoms with van der Waals surface area (Å²) in [5.74, 6) is 0.787. The highest BCUT2D eigenvalue weighted by Crippen LogP contribution is 2.36.